The Hall–Kier alpha value is -2.82. The van der Waals surface area contributed by atoms with Gasteiger partial charge in [-0.15, -0.1) is 0 Å². The van der Waals surface area contributed by atoms with Crippen molar-refractivity contribution in [2.75, 3.05) is 23.3 Å². The second kappa shape index (κ2) is 8.87. The average molecular weight is 341 g/mol. The molecule has 0 aliphatic rings. The van der Waals surface area contributed by atoms with Crippen LogP contribution in [0.1, 0.15) is 25.0 Å². The van der Waals surface area contributed by atoms with Gasteiger partial charge < -0.3 is 15.5 Å². The zero-order valence-corrected chi connectivity index (χ0v) is 14.8. The van der Waals surface area contributed by atoms with E-state index in [0.29, 0.717) is 5.56 Å². The number of hydrogen-bond acceptors (Lipinski definition) is 2. The maximum absolute atomic E-state index is 13.1. The van der Waals surface area contributed by atoms with Crippen molar-refractivity contribution < 1.29 is 9.18 Å². The zero-order valence-electron chi connectivity index (χ0n) is 14.8. The Morgan fingerprint density at radius 1 is 1.16 bits per heavy atom. The van der Waals surface area contributed by atoms with E-state index >= 15 is 0 Å². The van der Waals surface area contributed by atoms with Crippen molar-refractivity contribution in [3.05, 3.63) is 65.6 Å². The highest BCUT2D eigenvalue weighted by atomic mass is 19.1. The minimum Gasteiger partial charge on any atom is -0.372 e. The van der Waals surface area contributed by atoms with Crippen LogP contribution in [0.4, 0.5) is 20.6 Å². The number of nitrogens with one attached hydrogen (secondary N) is 2. The van der Waals surface area contributed by atoms with Crippen molar-refractivity contribution in [2.24, 2.45) is 0 Å². The number of benzene rings is 2. The second-order valence-electron chi connectivity index (χ2n) is 5.66. The lowest BCUT2D eigenvalue weighted by molar-refractivity contribution is 0.255. The van der Waals surface area contributed by atoms with E-state index in [-0.39, 0.29) is 11.8 Å². The highest BCUT2D eigenvalue weighted by Crippen LogP contribution is 2.22. The molecule has 4 nitrogen and oxygen atoms in total. The Kier molecular flexibility index (Phi) is 6.57. The predicted octanol–water partition coefficient (Wildman–Crippen LogP) is 4.77. The highest BCUT2D eigenvalue weighted by Gasteiger charge is 2.07. The molecule has 0 saturated carbocycles. The molecule has 0 unspecified atom stereocenters. The molecule has 2 rings (SSSR count). The molecule has 132 valence electrons. The van der Waals surface area contributed by atoms with Gasteiger partial charge in [0.15, 0.2) is 0 Å². The third-order valence-corrected chi connectivity index (χ3v) is 3.93. The van der Waals surface area contributed by atoms with Crippen molar-refractivity contribution in [3.63, 3.8) is 0 Å². The molecule has 0 aromatic heterocycles. The summed E-state index contributed by atoms with van der Waals surface area (Å²) in [5.41, 5.74) is 3.57. The summed E-state index contributed by atoms with van der Waals surface area (Å²) < 4.78 is 13.1. The summed E-state index contributed by atoms with van der Waals surface area (Å²) in [4.78, 5) is 14.2. The van der Waals surface area contributed by atoms with Crippen LogP contribution in [-0.2, 0) is 0 Å². The maximum Gasteiger partial charge on any atom is 0.323 e. The molecule has 25 heavy (non-hydrogen) atoms. The number of nitrogens with zero attached hydrogens (tertiary/aromatic N) is 1. The van der Waals surface area contributed by atoms with Gasteiger partial charge in [0.25, 0.3) is 0 Å². The van der Waals surface area contributed by atoms with E-state index in [9.17, 15) is 9.18 Å². The van der Waals surface area contributed by atoms with Gasteiger partial charge in [0.1, 0.15) is 5.82 Å². The minimum atomic E-state index is -0.341. The summed E-state index contributed by atoms with van der Waals surface area (Å²) >= 11 is 0. The van der Waals surface area contributed by atoms with Crippen LogP contribution in [0.2, 0.25) is 0 Å². The number of halogens is 1. The first-order chi connectivity index (χ1) is 12.0. The number of hydrogen-bond donors (Lipinski definition) is 2. The van der Waals surface area contributed by atoms with Crippen LogP contribution in [0.15, 0.2) is 48.7 Å². The largest absolute Gasteiger partial charge is 0.372 e. The molecule has 0 aliphatic heterocycles. The van der Waals surface area contributed by atoms with E-state index < -0.39 is 0 Å². The number of carbonyl (C=O) groups excluding carboxylic acids is 1. The lowest BCUT2D eigenvalue weighted by atomic mass is 10.1. The third-order valence-electron chi connectivity index (χ3n) is 3.93. The predicted molar refractivity (Wildman–Crippen MR) is 102 cm³/mol. The first-order valence-corrected chi connectivity index (χ1v) is 8.38. The maximum atomic E-state index is 13.1. The van der Waals surface area contributed by atoms with E-state index in [0.717, 1.165) is 30.0 Å². The van der Waals surface area contributed by atoms with Gasteiger partial charge in [0, 0.05) is 30.7 Å². The van der Waals surface area contributed by atoms with Crippen LogP contribution < -0.4 is 15.5 Å². The first kappa shape index (κ1) is 18.5. The SMILES string of the molecule is CCN(CC)c1ccc(NC(=O)N/C=C/c2cccc(F)c2)c(C)c1. The fraction of sp³-hybridized carbons (Fsp3) is 0.250. The van der Waals surface area contributed by atoms with E-state index in [1.165, 1.54) is 18.3 Å². The monoisotopic (exact) mass is 341 g/mol. The summed E-state index contributed by atoms with van der Waals surface area (Å²) in [7, 11) is 0. The molecule has 0 atom stereocenters. The van der Waals surface area contributed by atoms with Crippen LogP contribution in [0.25, 0.3) is 6.08 Å². The lowest BCUT2D eigenvalue weighted by Crippen LogP contribution is -2.25. The molecule has 0 saturated heterocycles. The summed E-state index contributed by atoms with van der Waals surface area (Å²) in [6.45, 7) is 8.07. The van der Waals surface area contributed by atoms with Crippen LogP contribution in [0.3, 0.4) is 0 Å². The average Bonchev–Trinajstić information content (AvgIpc) is 2.58. The standard InChI is InChI=1S/C20H24FN3O/c1-4-24(5-2)18-9-10-19(15(3)13-18)23-20(25)22-12-11-16-7-6-8-17(21)14-16/h6-14H,4-5H2,1-3H3,(H2,22,23,25)/b12-11+. The van der Waals surface area contributed by atoms with Gasteiger partial charge in [-0.3, -0.25) is 0 Å². The topological polar surface area (TPSA) is 44.4 Å². The Bertz CT molecular complexity index is 754. The van der Waals surface area contributed by atoms with Crippen molar-refractivity contribution in [1.29, 1.82) is 0 Å². The van der Waals surface area contributed by atoms with Crippen LogP contribution in [0.5, 0.6) is 0 Å². The fourth-order valence-electron chi connectivity index (χ4n) is 2.56. The summed E-state index contributed by atoms with van der Waals surface area (Å²) in [6.07, 6.45) is 3.13. The smallest absolute Gasteiger partial charge is 0.323 e. The third kappa shape index (κ3) is 5.35. The molecule has 5 heteroatoms. The van der Waals surface area contributed by atoms with Crippen LogP contribution >= 0.6 is 0 Å². The molecule has 2 N–H and O–H groups in total. The number of anilines is 2. The van der Waals surface area contributed by atoms with Gasteiger partial charge in [-0.1, -0.05) is 12.1 Å². The molecule has 2 aromatic rings. The molecule has 0 aliphatic carbocycles. The van der Waals surface area contributed by atoms with E-state index in [4.69, 9.17) is 0 Å². The van der Waals surface area contributed by atoms with Crippen molar-refractivity contribution >= 4 is 23.5 Å². The molecule has 0 fully saturated rings. The lowest BCUT2D eigenvalue weighted by Gasteiger charge is -2.22. The minimum absolute atomic E-state index is 0.310. The van der Waals surface area contributed by atoms with Crippen LogP contribution in [0, 0.1) is 12.7 Å². The summed E-state index contributed by atoms with van der Waals surface area (Å²) in [5.74, 6) is -0.310. The fourth-order valence-corrected chi connectivity index (χ4v) is 2.56. The Labute approximate surface area is 148 Å². The second-order valence-corrected chi connectivity index (χ2v) is 5.66. The van der Waals surface area contributed by atoms with Gasteiger partial charge >= 0.3 is 6.03 Å². The van der Waals surface area contributed by atoms with Gasteiger partial charge in [-0.25, -0.2) is 9.18 Å². The van der Waals surface area contributed by atoms with E-state index in [1.807, 2.05) is 19.1 Å². The van der Waals surface area contributed by atoms with Gasteiger partial charge in [-0.05, 0) is 68.3 Å². The molecule has 2 amide bonds. The number of amides is 2. The van der Waals surface area contributed by atoms with E-state index in [2.05, 4.69) is 35.4 Å². The molecular formula is C20H24FN3O. The summed E-state index contributed by atoms with van der Waals surface area (Å²) in [5, 5.41) is 5.44. The molecule has 0 heterocycles. The van der Waals surface area contributed by atoms with Crippen molar-refractivity contribution in [2.45, 2.75) is 20.8 Å². The quantitative estimate of drug-likeness (QED) is 0.795. The molecule has 2 aromatic carbocycles. The Balaban J connectivity index is 1.96. The zero-order chi connectivity index (χ0) is 18.2. The van der Waals surface area contributed by atoms with Gasteiger partial charge in [0.05, 0.1) is 0 Å². The van der Waals surface area contributed by atoms with Crippen molar-refractivity contribution in [3.8, 4) is 0 Å². The number of urea groups is 1. The van der Waals surface area contributed by atoms with Gasteiger partial charge in [-0.2, -0.15) is 0 Å². The highest BCUT2D eigenvalue weighted by molar-refractivity contribution is 5.91. The van der Waals surface area contributed by atoms with Gasteiger partial charge in [0.2, 0.25) is 0 Å². The number of rotatable bonds is 6. The van der Waals surface area contributed by atoms with Crippen molar-refractivity contribution in [1.82, 2.24) is 5.32 Å². The molecule has 0 spiro atoms. The number of carbonyl (C=O) groups is 1. The first-order valence-electron chi connectivity index (χ1n) is 8.38. The van der Waals surface area contributed by atoms with E-state index in [1.54, 1.807) is 18.2 Å². The Morgan fingerprint density at radius 3 is 2.56 bits per heavy atom. The Morgan fingerprint density at radius 2 is 1.92 bits per heavy atom. The normalized spacial score (nSPS) is 10.7. The molecule has 0 bridgehead atoms. The van der Waals surface area contributed by atoms with Crippen LogP contribution in [-0.4, -0.2) is 19.1 Å². The number of aryl methyl sites for hydroxylation is 1. The summed E-state index contributed by atoms with van der Waals surface area (Å²) in [6, 6.07) is 11.8. The molecule has 0 radical (unpaired) electrons. The molecular weight excluding hydrogens is 317 g/mol.